The maximum atomic E-state index is 11.2. The zero-order valence-electron chi connectivity index (χ0n) is 17.2. The summed E-state index contributed by atoms with van der Waals surface area (Å²) in [4.78, 5) is 20.6. The van der Waals surface area contributed by atoms with Gasteiger partial charge >= 0.3 is 5.97 Å². The van der Waals surface area contributed by atoms with E-state index in [1.807, 2.05) is 18.2 Å². The predicted octanol–water partition coefficient (Wildman–Crippen LogP) is 4.74. The number of aromatic nitrogens is 1. The average Bonchev–Trinajstić information content (AvgIpc) is 2.79. The van der Waals surface area contributed by atoms with E-state index in [1.54, 1.807) is 6.07 Å². The van der Waals surface area contributed by atoms with Crippen molar-refractivity contribution in [3.05, 3.63) is 82.6 Å². The molecule has 2 aromatic carbocycles. The van der Waals surface area contributed by atoms with Crippen molar-refractivity contribution in [1.29, 1.82) is 0 Å². The number of pyridine rings is 1. The van der Waals surface area contributed by atoms with E-state index in [4.69, 9.17) is 11.6 Å². The highest BCUT2D eigenvalue weighted by molar-refractivity contribution is 6.30. The first-order valence-electron chi connectivity index (χ1n) is 10.6. The van der Waals surface area contributed by atoms with Crippen LogP contribution in [0.25, 0.3) is 11.1 Å². The van der Waals surface area contributed by atoms with Gasteiger partial charge in [0.2, 0.25) is 0 Å². The number of hydrogen-bond donors (Lipinski definition) is 1. The topological polar surface area (TPSA) is 56.7 Å². The second kappa shape index (κ2) is 8.33. The third-order valence-corrected chi connectivity index (χ3v) is 6.58. The third-order valence-electron chi connectivity index (χ3n) is 6.33. The van der Waals surface area contributed by atoms with E-state index in [2.05, 4.69) is 51.2 Å². The Bertz CT molecular complexity index is 1120. The number of carbonyl (C=O) groups is 1. The van der Waals surface area contributed by atoms with Gasteiger partial charge in [-0.05, 0) is 53.8 Å². The molecule has 2 aliphatic heterocycles. The van der Waals surface area contributed by atoms with Crippen LogP contribution in [0.5, 0.6) is 0 Å². The minimum absolute atomic E-state index is 0.134. The fourth-order valence-electron chi connectivity index (χ4n) is 4.80. The van der Waals surface area contributed by atoms with Crippen LogP contribution >= 0.6 is 11.6 Å². The minimum atomic E-state index is -0.964. The number of aromatic carboxylic acids is 1. The monoisotopic (exact) mass is 433 g/mol. The Labute approximate surface area is 186 Å². The lowest BCUT2D eigenvalue weighted by molar-refractivity contribution is 0.0690. The summed E-state index contributed by atoms with van der Waals surface area (Å²) >= 11 is 6.07. The van der Waals surface area contributed by atoms with Crippen LogP contribution in [0.4, 0.5) is 5.69 Å². The predicted molar refractivity (Wildman–Crippen MR) is 123 cm³/mol. The number of nitrogens with zero attached hydrogens (tertiary/aromatic N) is 3. The molecule has 0 saturated carbocycles. The van der Waals surface area contributed by atoms with Gasteiger partial charge in [-0.3, -0.25) is 4.90 Å². The molecule has 0 bridgehead atoms. The number of aryl methyl sites for hydroxylation is 1. The van der Waals surface area contributed by atoms with Crippen LogP contribution < -0.4 is 4.90 Å². The highest BCUT2D eigenvalue weighted by Gasteiger charge is 2.32. The zero-order chi connectivity index (χ0) is 21.4. The molecule has 0 spiro atoms. The quantitative estimate of drug-likeness (QED) is 0.644. The third kappa shape index (κ3) is 4.03. The lowest BCUT2D eigenvalue weighted by Gasteiger charge is -2.46. The molecule has 3 aromatic rings. The molecule has 1 unspecified atom stereocenters. The Morgan fingerprint density at radius 3 is 2.68 bits per heavy atom. The Hall–Kier alpha value is -2.89. The Morgan fingerprint density at radius 1 is 1.06 bits per heavy atom. The van der Waals surface area contributed by atoms with Crippen LogP contribution in [-0.4, -0.2) is 46.6 Å². The lowest BCUT2D eigenvalue weighted by Crippen LogP contribution is -2.54. The number of fused-ring (bicyclic) bond motifs is 3. The van der Waals surface area contributed by atoms with Crippen LogP contribution in [0.2, 0.25) is 5.02 Å². The lowest BCUT2D eigenvalue weighted by atomic mass is 9.95. The Morgan fingerprint density at radius 2 is 1.87 bits per heavy atom. The van der Waals surface area contributed by atoms with Crippen molar-refractivity contribution in [3.63, 3.8) is 0 Å². The van der Waals surface area contributed by atoms with Gasteiger partial charge in [0.15, 0.2) is 0 Å². The molecule has 0 amide bonds. The summed E-state index contributed by atoms with van der Waals surface area (Å²) in [6.45, 7) is 3.79. The van der Waals surface area contributed by atoms with Gasteiger partial charge in [-0.1, -0.05) is 48.0 Å². The number of halogens is 1. The van der Waals surface area contributed by atoms with Crippen molar-refractivity contribution in [3.8, 4) is 11.1 Å². The molecule has 1 atom stereocenters. The smallest absolute Gasteiger partial charge is 0.354 e. The first-order chi connectivity index (χ1) is 15.1. The van der Waals surface area contributed by atoms with Gasteiger partial charge in [-0.2, -0.15) is 0 Å². The van der Waals surface area contributed by atoms with Crippen LogP contribution in [-0.2, 0) is 13.0 Å². The Balaban J connectivity index is 1.33. The second-order valence-corrected chi connectivity index (χ2v) is 8.69. The van der Waals surface area contributed by atoms with Crippen LogP contribution in [0.1, 0.15) is 28.2 Å². The summed E-state index contributed by atoms with van der Waals surface area (Å²) in [5.41, 5.74) is 5.91. The fraction of sp³-hybridized carbons (Fsp3) is 0.280. The minimum Gasteiger partial charge on any atom is -0.477 e. The normalized spacial score (nSPS) is 18.4. The fourth-order valence-corrected chi connectivity index (χ4v) is 4.93. The summed E-state index contributed by atoms with van der Waals surface area (Å²) in [6.07, 6.45) is 1.82. The number of rotatable bonds is 4. The molecule has 5 rings (SSSR count). The van der Waals surface area contributed by atoms with E-state index >= 15 is 0 Å². The summed E-state index contributed by atoms with van der Waals surface area (Å²) < 4.78 is 0. The zero-order valence-corrected chi connectivity index (χ0v) is 17.9. The second-order valence-electron chi connectivity index (χ2n) is 8.25. The highest BCUT2D eigenvalue weighted by Crippen LogP contribution is 2.33. The maximum absolute atomic E-state index is 11.2. The number of piperazine rings is 1. The van der Waals surface area contributed by atoms with E-state index in [1.165, 1.54) is 16.7 Å². The number of hydrogen-bond acceptors (Lipinski definition) is 4. The first-order valence-corrected chi connectivity index (χ1v) is 11.0. The Kier molecular flexibility index (Phi) is 5.38. The maximum Gasteiger partial charge on any atom is 0.354 e. The van der Waals surface area contributed by atoms with Crippen LogP contribution in [0, 0.1) is 0 Å². The van der Waals surface area contributed by atoms with E-state index in [0.29, 0.717) is 6.04 Å². The molecule has 2 aliphatic rings. The van der Waals surface area contributed by atoms with E-state index in [-0.39, 0.29) is 5.69 Å². The van der Waals surface area contributed by atoms with Crippen molar-refractivity contribution in [2.75, 3.05) is 24.5 Å². The van der Waals surface area contributed by atoms with Crippen molar-refractivity contribution in [1.82, 2.24) is 9.88 Å². The molecular formula is C25H24ClN3O2. The molecule has 1 aromatic heterocycles. The SMILES string of the molecule is O=C(O)c1ccc2c(n1)CCC1CN(Cc3ccccc3-c3ccc(Cl)cc3)CCN21. The summed E-state index contributed by atoms with van der Waals surface area (Å²) in [6, 6.07) is 20.6. The molecule has 5 nitrogen and oxygen atoms in total. The molecule has 1 saturated heterocycles. The standard InChI is InChI=1S/C25H24ClN3O2/c26-19-7-5-17(6-8-19)21-4-2-1-3-18(21)15-28-13-14-29-20(16-28)9-10-22-24(29)12-11-23(27-22)25(30)31/h1-8,11-12,20H,9-10,13-16H2,(H,30,31). The molecule has 1 fully saturated rings. The number of carboxylic acids is 1. The number of anilines is 1. The van der Waals surface area contributed by atoms with Gasteiger partial charge in [0.05, 0.1) is 11.4 Å². The summed E-state index contributed by atoms with van der Waals surface area (Å²) in [7, 11) is 0. The molecule has 3 heterocycles. The van der Waals surface area contributed by atoms with Gasteiger partial charge in [-0.15, -0.1) is 0 Å². The van der Waals surface area contributed by atoms with Crippen molar-refractivity contribution in [2.45, 2.75) is 25.4 Å². The van der Waals surface area contributed by atoms with Crippen molar-refractivity contribution < 1.29 is 9.90 Å². The molecule has 6 heteroatoms. The van der Waals surface area contributed by atoms with Gasteiger partial charge in [0.1, 0.15) is 5.69 Å². The average molecular weight is 434 g/mol. The van der Waals surface area contributed by atoms with E-state index in [0.717, 1.165) is 55.4 Å². The molecule has 0 aliphatic carbocycles. The van der Waals surface area contributed by atoms with E-state index in [9.17, 15) is 9.90 Å². The van der Waals surface area contributed by atoms with Crippen LogP contribution in [0.15, 0.2) is 60.7 Å². The first kappa shape index (κ1) is 20.0. The largest absolute Gasteiger partial charge is 0.477 e. The van der Waals surface area contributed by atoms with Crippen molar-refractivity contribution in [2.24, 2.45) is 0 Å². The van der Waals surface area contributed by atoms with Gasteiger partial charge < -0.3 is 10.0 Å². The molecular weight excluding hydrogens is 410 g/mol. The summed E-state index contributed by atoms with van der Waals surface area (Å²) in [5.74, 6) is -0.964. The molecule has 31 heavy (non-hydrogen) atoms. The van der Waals surface area contributed by atoms with Crippen molar-refractivity contribution >= 4 is 23.3 Å². The molecule has 0 radical (unpaired) electrons. The molecule has 1 N–H and O–H groups in total. The highest BCUT2D eigenvalue weighted by atomic mass is 35.5. The van der Waals surface area contributed by atoms with Gasteiger partial charge in [0.25, 0.3) is 0 Å². The summed E-state index contributed by atoms with van der Waals surface area (Å²) in [5, 5.41) is 9.97. The van der Waals surface area contributed by atoms with Crippen LogP contribution in [0.3, 0.4) is 0 Å². The van der Waals surface area contributed by atoms with E-state index < -0.39 is 5.97 Å². The number of benzene rings is 2. The van der Waals surface area contributed by atoms with Gasteiger partial charge in [-0.25, -0.2) is 9.78 Å². The number of carboxylic acid groups (broad SMARTS) is 1. The van der Waals surface area contributed by atoms with Gasteiger partial charge in [0, 0.05) is 37.2 Å². The molecule has 158 valence electrons.